The maximum absolute atomic E-state index is 13.1. The Labute approximate surface area is 638 Å². The van der Waals surface area contributed by atoms with Gasteiger partial charge < -0.3 is 33.8 Å². The molecular weight excluding hydrogens is 1350 g/mol. The van der Waals surface area contributed by atoms with Gasteiger partial charge in [-0.1, -0.05) is 395 Å². The Balaban J connectivity index is 5.22. The third-order valence-corrected chi connectivity index (χ3v) is 22.5. The highest BCUT2D eigenvalue weighted by atomic mass is 31.2. The maximum atomic E-state index is 13.1. The number of phosphoric ester groups is 2. The van der Waals surface area contributed by atoms with E-state index in [1.807, 2.05) is 0 Å². The standard InChI is InChI=1S/C85H166O17P2/c1-8-11-12-13-14-15-16-27-35-40-45-54-61-68-85(90)102-81(73-96-83(88)67-60-53-48-47-51-58-65-78(7)10-3)75-100-104(93,94)98-71-79(86)70-97-103(91,92)99-74-80(72-95-82(87)66-59-52-44-39-34-30-25-22-21-23-28-32-37-42-49-56-63-76(4)5)101-84(89)69-62-55-46-41-36-31-26-20-18-17-19-24-29-33-38-43-50-57-64-77(6)9-2/h76-81,86H,8-75H2,1-7H3,(H,91,92)(H,93,94)/t77?,78?,79-,80-,81-/m1/s1. The molecule has 19 heteroatoms. The predicted molar refractivity (Wildman–Crippen MR) is 428 cm³/mol. The lowest BCUT2D eigenvalue weighted by atomic mass is 9.99. The van der Waals surface area contributed by atoms with Gasteiger partial charge in [-0.3, -0.25) is 37.3 Å². The van der Waals surface area contributed by atoms with Gasteiger partial charge in [0.2, 0.25) is 0 Å². The van der Waals surface area contributed by atoms with Gasteiger partial charge in [-0.2, -0.15) is 0 Å². The molecule has 0 spiro atoms. The van der Waals surface area contributed by atoms with Crippen LogP contribution in [-0.2, 0) is 65.4 Å². The summed E-state index contributed by atoms with van der Waals surface area (Å²) in [5.41, 5.74) is 0. The van der Waals surface area contributed by atoms with Crippen LogP contribution < -0.4 is 0 Å². The van der Waals surface area contributed by atoms with Crippen molar-refractivity contribution in [2.24, 2.45) is 17.8 Å². The van der Waals surface area contributed by atoms with Crippen LogP contribution in [0.5, 0.6) is 0 Å². The Morgan fingerprint density at radius 2 is 0.490 bits per heavy atom. The highest BCUT2D eigenvalue weighted by Gasteiger charge is 2.30. The van der Waals surface area contributed by atoms with Gasteiger partial charge in [0.05, 0.1) is 26.4 Å². The lowest BCUT2D eigenvalue weighted by molar-refractivity contribution is -0.161. The molecule has 0 heterocycles. The third-order valence-electron chi connectivity index (χ3n) is 20.6. The first-order chi connectivity index (χ1) is 50.3. The first-order valence-electron chi connectivity index (χ1n) is 43.9. The fourth-order valence-corrected chi connectivity index (χ4v) is 14.7. The average molecular weight is 1520 g/mol. The lowest BCUT2D eigenvalue weighted by Crippen LogP contribution is -2.30. The number of carbonyl (C=O) groups is 4. The number of hydrogen-bond donors (Lipinski definition) is 3. The number of carbonyl (C=O) groups excluding carboxylic acids is 4. The van der Waals surface area contributed by atoms with Crippen molar-refractivity contribution < 1.29 is 80.2 Å². The van der Waals surface area contributed by atoms with Gasteiger partial charge in [-0.05, 0) is 43.4 Å². The molecule has 0 fully saturated rings. The molecule has 0 aromatic rings. The molecule has 618 valence electrons. The first-order valence-corrected chi connectivity index (χ1v) is 46.9. The monoisotopic (exact) mass is 1520 g/mol. The number of rotatable bonds is 83. The summed E-state index contributed by atoms with van der Waals surface area (Å²) in [7, 11) is -9.93. The van der Waals surface area contributed by atoms with Crippen LogP contribution in [0, 0.1) is 17.8 Å². The molecule has 0 aliphatic carbocycles. The van der Waals surface area contributed by atoms with Crippen molar-refractivity contribution in [3.8, 4) is 0 Å². The van der Waals surface area contributed by atoms with E-state index in [0.717, 1.165) is 114 Å². The fourth-order valence-electron chi connectivity index (χ4n) is 13.1. The van der Waals surface area contributed by atoms with E-state index in [-0.39, 0.29) is 25.7 Å². The number of aliphatic hydroxyl groups excluding tert-OH is 1. The van der Waals surface area contributed by atoms with E-state index in [9.17, 15) is 43.2 Å². The summed E-state index contributed by atoms with van der Waals surface area (Å²) in [6.45, 7) is 12.0. The summed E-state index contributed by atoms with van der Waals surface area (Å²) in [5.74, 6) is 0.308. The van der Waals surface area contributed by atoms with E-state index in [4.69, 9.17) is 37.0 Å². The molecule has 0 saturated heterocycles. The average Bonchev–Trinajstić information content (AvgIpc) is 0.914. The number of esters is 4. The van der Waals surface area contributed by atoms with Crippen LogP contribution in [0.25, 0.3) is 0 Å². The molecule has 0 rings (SSSR count). The molecule has 0 amide bonds. The van der Waals surface area contributed by atoms with Gasteiger partial charge in [-0.25, -0.2) is 9.13 Å². The van der Waals surface area contributed by atoms with Crippen LogP contribution in [0.2, 0.25) is 0 Å². The van der Waals surface area contributed by atoms with Crippen LogP contribution in [0.4, 0.5) is 0 Å². The molecule has 0 aromatic heterocycles. The highest BCUT2D eigenvalue weighted by Crippen LogP contribution is 2.45. The minimum absolute atomic E-state index is 0.107. The quantitative estimate of drug-likeness (QED) is 0.0222. The van der Waals surface area contributed by atoms with Crippen LogP contribution in [0.3, 0.4) is 0 Å². The molecule has 0 aromatic carbocycles. The second-order valence-electron chi connectivity index (χ2n) is 31.5. The molecule has 0 aliphatic rings. The molecule has 17 nitrogen and oxygen atoms in total. The molecule has 0 bridgehead atoms. The van der Waals surface area contributed by atoms with Gasteiger partial charge in [0.25, 0.3) is 0 Å². The Bertz CT molecular complexity index is 2010. The van der Waals surface area contributed by atoms with Crippen molar-refractivity contribution in [2.45, 2.75) is 465 Å². The molecule has 7 atom stereocenters. The summed E-state index contributed by atoms with van der Waals surface area (Å²) < 4.78 is 68.8. The Hall–Kier alpha value is -1.94. The Morgan fingerprint density at radius 3 is 0.731 bits per heavy atom. The zero-order chi connectivity index (χ0) is 76.5. The fraction of sp³-hybridized carbons (Fsp3) is 0.953. The second kappa shape index (κ2) is 75.1. The van der Waals surface area contributed by atoms with Gasteiger partial charge in [0.1, 0.15) is 19.3 Å². The topological polar surface area (TPSA) is 237 Å². The highest BCUT2D eigenvalue weighted by molar-refractivity contribution is 7.47. The molecule has 0 aliphatic heterocycles. The van der Waals surface area contributed by atoms with E-state index >= 15 is 0 Å². The van der Waals surface area contributed by atoms with E-state index in [1.165, 1.54) is 250 Å². The van der Waals surface area contributed by atoms with E-state index in [1.54, 1.807) is 0 Å². The number of aliphatic hydroxyl groups is 1. The van der Waals surface area contributed by atoms with Crippen molar-refractivity contribution in [2.75, 3.05) is 39.6 Å². The number of unbranched alkanes of at least 4 members (excludes halogenated alkanes) is 49. The number of hydrogen-bond acceptors (Lipinski definition) is 15. The minimum Gasteiger partial charge on any atom is -0.462 e. The van der Waals surface area contributed by atoms with Gasteiger partial charge in [-0.15, -0.1) is 0 Å². The van der Waals surface area contributed by atoms with Crippen LogP contribution in [0.15, 0.2) is 0 Å². The third kappa shape index (κ3) is 75.5. The molecule has 104 heavy (non-hydrogen) atoms. The predicted octanol–water partition coefficient (Wildman–Crippen LogP) is 25.7. The summed E-state index contributed by atoms with van der Waals surface area (Å²) in [6.07, 6.45) is 65.3. The van der Waals surface area contributed by atoms with Gasteiger partial charge in [0.15, 0.2) is 12.2 Å². The number of phosphoric acid groups is 2. The van der Waals surface area contributed by atoms with Gasteiger partial charge >= 0.3 is 39.5 Å². The van der Waals surface area contributed by atoms with Crippen molar-refractivity contribution in [3.63, 3.8) is 0 Å². The van der Waals surface area contributed by atoms with Crippen LogP contribution in [-0.4, -0.2) is 96.7 Å². The SMILES string of the molecule is CCCCCCCCCCCCCCCC(=O)O[C@H](COC(=O)CCCCCCCCC(C)CC)COP(=O)(O)OC[C@H](O)COP(=O)(O)OC[C@@H](COC(=O)CCCCCCCCCCCCCCCCCCC(C)C)OC(=O)CCCCCCCCCCCCCCCCCCCCC(C)CC. The smallest absolute Gasteiger partial charge is 0.462 e. The zero-order valence-electron chi connectivity index (χ0n) is 68.5. The molecule has 3 N–H and O–H groups in total. The van der Waals surface area contributed by atoms with E-state index in [2.05, 4.69) is 48.5 Å². The normalized spacial score (nSPS) is 14.4. The zero-order valence-corrected chi connectivity index (χ0v) is 70.3. The molecule has 4 unspecified atom stereocenters. The molecule has 0 saturated carbocycles. The first kappa shape index (κ1) is 102. The minimum atomic E-state index is -4.97. The summed E-state index contributed by atoms with van der Waals surface area (Å²) in [4.78, 5) is 73.1. The van der Waals surface area contributed by atoms with Crippen molar-refractivity contribution in [1.29, 1.82) is 0 Å². The summed E-state index contributed by atoms with van der Waals surface area (Å²) in [5, 5.41) is 10.7. The van der Waals surface area contributed by atoms with E-state index in [0.29, 0.717) is 25.7 Å². The number of ether oxygens (including phenoxy) is 4. The van der Waals surface area contributed by atoms with Crippen molar-refractivity contribution in [3.05, 3.63) is 0 Å². The summed E-state index contributed by atoms with van der Waals surface area (Å²) in [6, 6.07) is 0. The largest absolute Gasteiger partial charge is 0.472 e. The maximum Gasteiger partial charge on any atom is 0.472 e. The van der Waals surface area contributed by atoms with Gasteiger partial charge in [0, 0.05) is 25.7 Å². The lowest BCUT2D eigenvalue weighted by Gasteiger charge is -2.21. The van der Waals surface area contributed by atoms with Crippen LogP contribution in [0.1, 0.15) is 447 Å². The second-order valence-corrected chi connectivity index (χ2v) is 34.4. The summed E-state index contributed by atoms with van der Waals surface area (Å²) >= 11 is 0. The molecular formula is C85H166O17P2. The Kier molecular flexibility index (Phi) is 73.7. The van der Waals surface area contributed by atoms with Crippen molar-refractivity contribution >= 4 is 39.5 Å². The molecule has 0 radical (unpaired) electrons. The Morgan fingerprint density at radius 1 is 0.279 bits per heavy atom. The van der Waals surface area contributed by atoms with Crippen molar-refractivity contribution in [1.82, 2.24) is 0 Å². The van der Waals surface area contributed by atoms with Crippen LogP contribution >= 0.6 is 15.6 Å². The van der Waals surface area contributed by atoms with E-state index < -0.39 is 97.5 Å².